The predicted octanol–water partition coefficient (Wildman–Crippen LogP) is 3.91. The molecule has 168 valence electrons. The number of carbonyl (C=O) groups excluding carboxylic acids is 3. The number of benzene rings is 2. The Morgan fingerprint density at radius 3 is 2.27 bits per heavy atom. The average molecular weight is 446 g/mol. The molecule has 4 rings (SSSR count). The van der Waals surface area contributed by atoms with Gasteiger partial charge in [0.05, 0.1) is 30.2 Å². The number of hydrogen-bond acceptors (Lipinski definition) is 7. The van der Waals surface area contributed by atoms with Crippen molar-refractivity contribution in [2.75, 3.05) is 13.7 Å². The minimum absolute atomic E-state index is 0.211. The number of nitrogens with zero attached hydrogens (tertiary/aromatic N) is 2. The molecule has 1 aliphatic heterocycles. The van der Waals surface area contributed by atoms with Gasteiger partial charge in [-0.25, -0.2) is 14.6 Å². The first kappa shape index (κ1) is 22.0. The largest absolute Gasteiger partial charge is 0.467 e. The lowest BCUT2D eigenvalue weighted by atomic mass is 10.0. The van der Waals surface area contributed by atoms with Crippen LogP contribution in [0.4, 0.5) is 0 Å². The quantitative estimate of drug-likeness (QED) is 0.533. The number of carbonyl (C=O) groups is 3. The summed E-state index contributed by atoms with van der Waals surface area (Å²) in [4.78, 5) is 36.8. The summed E-state index contributed by atoms with van der Waals surface area (Å²) in [5.74, 6) is -1.07. The maximum Gasteiger partial charge on any atom is 0.338 e. The lowest BCUT2D eigenvalue weighted by Gasteiger charge is -2.19. The lowest BCUT2D eigenvalue weighted by Crippen LogP contribution is -2.31. The van der Waals surface area contributed by atoms with Crippen LogP contribution < -0.4 is 0 Å². The van der Waals surface area contributed by atoms with Crippen molar-refractivity contribution in [1.29, 1.82) is 0 Å². The molecule has 1 atom stereocenters. The molecule has 1 amide bonds. The van der Waals surface area contributed by atoms with Gasteiger partial charge in [-0.05, 0) is 48.9 Å². The molecule has 0 fully saturated rings. The zero-order valence-electron chi connectivity index (χ0n) is 18.2. The maximum absolute atomic E-state index is 12.9. The molecular formula is C25H22N2O6. The van der Waals surface area contributed by atoms with Crippen LogP contribution in [0.5, 0.6) is 0 Å². The van der Waals surface area contributed by atoms with E-state index in [2.05, 4.69) is 9.84 Å². The van der Waals surface area contributed by atoms with Gasteiger partial charge in [0, 0.05) is 6.42 Å². The summed E-state index contributed by atoms with van der Waals surface area (Å²) < 4.78 is 15.4. The second-order valence-corrected chi connectivity index (χ2v) is 7.53. The van der Waals surface area contributed by atoms with E-state index < -0.39 is 30.5 Å². The number of ether oxygens (including phenoxy) is 2. The Kier molecular flexibility index (Phi) is 6.35. The third-order valence-electron chi connectivity index (χ3n) is 5.29. The van der Waals surface area contributed by atoms with Crippen LogP contribution in [-0.4, -0.2) is 42.3 Å². The van der Waals surface area contributed by atoms with Crippen LogP contribution in [0.25, 0.3) is 0 Å². The van der Waals surface area contributed by atoms with Gasteiger partial charge in [-0.1, -0.05) is 29.8 Å². The fourth-order valence-electron chi connectivity index (χ4n) is 3.50. The molecule has 33 heavy (non-hydrogen) atoms. The van der Waals surface area contributed by atoms with Gasteiger partial charge in [0.1, 0.15) is 11.8 Å². The van der Waals surface area contributed by atoms with Gasteiger partial charge in [0.15, 0.2) is 6.61 Å². The molecule has 0 saturated carbocycles. The molecule has 0 spiro atoms. The Balaban J connectivity index is 1.47. The second-order valence-electron chi connectivity index (χ2n) is 7.53. The first-order valence-corrected chi connectivity index (χ1v) is 10.3. The summed E-state index contributed by atoms with van der Waals surface area (Å²) in [6, 6.07) is 16.8. The third-order valence-corrected chi connectivity index (χ3v) is 5.29. The van der Waals surface area contributed by atoms with E-state index in [1.54, 1.807) is 18.4 Å². The summed E-state index contributed by atoms with van der Waals surface area (Å²) in [7, 11) is 1.27. The molecule has 1 aromatic heterocycles. The van der Waals surface area contributed by atoms with Gasteiger partial charge in [-0.2, -0.15) is 5.10 Å². The molecule has 8 nitrogen and oxygen atoms in total. The Hall–Kier alpha value is -4.20. The number of amides is 1. The smallest absolute Gasteiger partial charge is 0.338 e. The van der Waals surface area contributed by atoms with E-state index in [0.29, 0.717) is 17.7 Å². The van der Waals surface area contributed by atoms with E-state index in [4.69, 9.17) is 9.15 Å². The minimum Gasteiger partial charge on any atom is -0.467 e. The number of esters is 2. The molecule has 1 unspecified atom stereocenters. The van der Waals surface area contributed by atoms with Crippen LogP contribution in [0.3, 0.4) is 0 Å². The first-order chi connectivity index (χ1) is 16.0. The fraction of sp³-hybridized carbons (Fsp3) is 0.200. The molecule has 1 aliphatic rings. The maximum atomic E-state index is 12.9. The van der Waals surface area contributed by atoms with Crippen LogP contribution >= 0.6 is 0 Å². The van der Waals surface area contributed by atoms with Crippen molar-refractivity contribution in [3.8, 4) is 0 Å². The number of rotatable bonds is 6. The van der Waals surface area contributed by atoms with Crippen molar-refractivity contribution in [3.63, 3.8) is 0 Å². The van der Waals surface area contributed by atoms with E-state index in [9.17, 15) is 14.4 Å². The van der Waals surface area contributed by atoms with Crippen LogP contribution in [0, 0.1) is 6.92 Å². The normalized spacial score (nSPS) is 15.2. The van der Waals surface area contributed by atoms with Crippen molar-refractivity contribution in [2.45, 2.75) is 19.4 Å². The summed E-state index contributed by atoms with van der Waals surface area (Å²) in [6.45, 7) is 1.51. The third kappa shape index (κ3) is 4.85. The molecule has 0 N–H and O–H groups in total. The Bertz CT molecular complexity index is 1180. The molecule has 0 aliphatic carbocycles. The highest BCUT2D eigenvalue weighted by Crippen LogP contribution is 2.33. The van der Waals surface area contributed by atoms with Gasteiger partial charge in [-0.3, -0.25) is 4.79 Å². The zero-order chi connectivity index (χ0) is 23.4. The summed E-state index contributed by atoms with van der Waals surface area (Å²) in [6.07, 6.45) is 2.02. The number of methoxy groups -OCH3 is 1. The Labute approximate surface area is 190 Å². The number of furan rings is 1. The monoisotopic (exact) mass is 446 g/mol. The van der Waals surface area contributed by atoms with Crippen molar-refractivity contribution >= 4 is 23.6 Å². The van der Waals surface area contributed by atoms with E-state index in [0.717, 1.165) is 16.8 Å². The summed E-state index contributed by atoms with van der Waals surface area (Å²) >= 11 is 0. The van der Waals surface area contributed by atoms with Crippen LogP contribution in [0.15, 0.2) is 76.4 Å². The molecule has 8 heteroatoms. The number of hydrazone groups is 1. The number of aryl methyl sites for hydroxylation is 1. The SMILES string of the molecule is COC(=O)c1ccc(C(=O)OCC(=O)N2N=C(c3ccc(C)cc3)CC2c2ccco2)cc1. The molecule has 3 aromatic rings. The van der Waals surface area contributed by atoms with Crippen molar-refractivity contribution in [3.05, 3.63) is 94.9 Å². The van der Waals surface area contributed by atoms with Crippen LogP contribution in [-0.2, 0) is 14.3 Å². The topological polar surface area (TPSA) is 98.4 Å². The van der Waals surface area contributed by atoms with Crippen LogP contribution in [0.1, 0.15) is 50.1 Å². The van der Waals surface area contributed by atoms with E-state index in [1.807, 2.05) is 31.2 Å². The molecule has 0 radical (unpaired) electrons. The van der Waals surface area contributed by atoms with Crippen molar-refractivity contribution in [2.24, 2.45) is 5.10 Å². The number of hydrogen-bond donors (Lipinski definition) is 0. The fourth-order valence-corrected chi connectivity index (χ4v) is 3.50. The van der Waals surface area contributed by atoms with Crippen molar-refractivity contribution in [1.82, 2.24) is 5.01 Å². The van der Waals surface area contributed by atoms with Gasteiger partial charge in [0.2, 0.25) is 0 Å². The second kappa shape index (κ2) is 9.52. The highest BCUT2D eigenvalue weighted by molar-refractivity contribution is 6.03. The zero-order valence-corrected chi connectivity index (χ0v) is 18.2. The summed E-state index contributed by atoms with van der Waals surface area (Å²) in [5.41, 5.74) is 3.30. The molecule has 0 bridgehead atoms. The minimum atomic E-state index is -0.684. The molecule has 2 aromatic carbocycles. The summed E-state index contributed by atoms with van der Waals surface area (Å²) in [5, 5.41) is 5.82. The molecule has 0 saturated heterocycles. The highest BCUT2D eigenvalue weighted by Gasteiger charge is 2.35. The van der Waals surface area contributed by atoms with E-state index in [1.165, 1.54) is 36.4 Å². The lowest BCUT2D eigenvalue weighted by molar-refractivity contribution is -0.136. The molecular weight excluding hydrogens is 424 g/mol. The Morgan fingerprint density at radius 2 is 1.67 bits per heavy atom. The van der Waals surface area contributed by atoms with E-state index >= 15 is 0 Å². The van der Waals surface area contributed by atoms with Crippen molar-refractivity contribution < 1.29 is 28.3 Å². The average Bonchev–Trinajstić information content (AvgIpc) is 3.52. The molecule has 2 heterocycles. The van der Waals surface area contributed by atoms with Gasteiger partial charge in [-0.15, -0.1) is 0 Å². The van der Waals surface area contributed by atoms with Crippen LogP contribution in [0.2, 0.25) is 0 Å². The van der Waals surface area contributed by atoms with Gasteiger partial charge < -0.3 is 13.9 Å². The highest BCUT2D eigenvalue weighted by atomic mass is 16.5. The van der Waals surface area contributed by atoms with Gasteiger partial charge in [0.25, 0.3) is 5.91 Å². The Morgan fingerprint density at radius 1 is 1.00 bits per heavy atom. The van der Waals surface area contributed by atoms with Gasteiger partial charge >= 0.3 is 11.9 Å². The first-order valence-electron chi connectivity index (χ1n) is 10.3. The standard InChI is InChI=1S/C25H22N2O6/c1-16-5-7-17(8-6-16)20-14-21(22-4-3-13-32-22)27(26-20)23(28)15-33-25(30)19-11-9-18(10-12-19)24(29)31-2/h3-13,21H,14-15H2,1-2H3. The predicted molar refractivity (Wildman–Crippen MR) is 119 cm³/mol. The van der Waals surface area contributed by atoms with E-state index in [-0.39, 0.29) is 5.56 Å².